The van der Waals surface area contributed by atoms with Crippen LogP contribution in [0.5, 0.6) is 0 Å². The molecule has 0 saturated carbocycles. The van der Waals surface area contributed by atoms with Crippen molar-refractivity contribution < 1.29 is 19.1 Å². The molecule has 0 aliphatic heterocycles. The predicted molar refractivity (Wildman–Crippen MR) is 55.7 cm³/mol. The molecule has 86 valence electrons. The minimum Gasteiger partial charge on any atom is -0.480 e. The van der Waals surface area contributed by atoms with E-state index in [1.165, 1.54) is 19.1 Å². The third kappa shape index (κ3) is 2.79. The molecule has 1 rings (SSSR count). The van der Waals surface area contributed by atoms with Gasteiger partial charge in [-0.3, -0.25) is 9.59 Å². The Balaban J connectivity index is 2.88. The van der Waals surface area contributed by atoms with Crippen LogP contribution in [0.3, 0.4) is 0 Å². The number of carbonyl (C=O) groups excluding carboxylic acids is 1. The maximum absolute atomic E-state index is 12.9. The molecule has 5 heteroatoms. The fourth-order valence-electron chi connectivity index (χ4n) is 1.17. The van der Waals surface area contributed by atoms with Gasteiger partial charge in [-0.2, -0.15) is 0 Å². The lowest BCUT2D eigenvalue weighted by atomic mass is 10.1. The molecule has 0 aromatic heterocycles. The van der Waals surface area contributed by atoms with Gasteiger partial charge in [-0.25, -0.2) is 4.39 Å². The monoisotopic (exact) mass is 225 g/mol. The number of hydrogen-bond acceptors (Lipinski definition) is 2. The lowest BCUT2D eigenvalue weighted by Crippen LogP contribution is -2.38. The molecule has 0 radical (unpaired) electrons. The van der Waals surface area contributed by atoms with Crippen LogP contribution in [0.1, 0.15) is 22.8 Å². The summed E-state index contributed by atoms with van der Waals surface area (Å²) in [6, 6.07) is 2.79. The van der Waals surface area contributed by atoms with Crippen molar-refractivity contribution in [2.45, 2.75) is 19.9 Å². The Hall–Kier alpha value is -1.91. The zero-order chi connectivity index (χ0) is 12.3. The molecule has 4 nitrogen and oxygen atoms in total. The number of aryl methyl sites for hydroxylation is 1. The number of carboxylic acid groups (broad SMARTS) is 1. The smallest absolute Gasteiger partial charge is 0.325 e. The minimum absolute atomic E-state index is 0.146. The van der Waals surface area contributed by atoms with Gasteiger partial charge in [-0.15, -0.1) is 0 Å². The van der Waals surface area contributed by atoms with Crippen molar-refractivity contribution in [1.29, 1.82) is 0 Å². The first-order chi connectivity index (χ1) is 7.41. The number of benzene rings is 1. The van der Waals surface area contributed by atoms with E-state index in [1.54, 1.807) is 6.92 Å². The van der Waals surface area contributed by atoms with Gasteiger partial charge in [0.1, 0.15) is 11.9 Å². The van der Waals surface area contributed by atoms with Crippen molar-refractivity contribution in [3.8, 4) is 0 Å². The number of carboxylic acids is 1. The highest BCUT2D eigenvalue weighted by molar-refractivity contribution is 5.97. The van der Waals surface area contributed by atoms with E-state index in [2.05, 4.69) is 5.32 Å². The van der Waals surface area contributed by atoms with E-state index in [0.29, 0.717) is 5.56 Å². The number of nitrogens with one attached hydrogen (secondary N) is 1. The number of carbonyl (C=O) groups is 2. The Morgan fingerprint density at radius 1 is 1.44 bits per heavy atom. The lowest BCUT2D eigenvalue weighted by molar-refractivity contribution is -0.138. The Bertz CT molecular complexity index is 431. The average molecular weight is 225 g/mol. The first-order valence-corrected chi connectivity index (χ1v) is 4.71. The number of amides is 1. The summed E-state index contributed by atoms with van der Waals surface area (Å²) >= 11 is 0. The van der Waals surface area contributed by atoms with Gasteiger partial charge in [0.2, 0.25) is 0 Å². The van der Waals surface area contributed by atoms with Gasteiger partial charge in [-0.05, 0) is 31.5 Å². The van der Waals surface area contributed by atoms with Crippen molar-refractivity contribution in [1.82, 2.24) is 5.32 Å². The number of hydrogen-bond donors (Lipinski definition) is 2. The van der Waals surface area contributed by atoms with Gasteiger partial charge in [0.25, 0.3) is 5.91 Å². The lowest BCUT2D eigenvalue weighted by Gasteiger charge is -2.10. The molecule has 2 N–H and O–H groups in total. The van der Waals surface area contributed by atoms with Crippen molar-refractivity contribution in [2.75, 3.05) is 0 Å². The third-order valence-corrected chi connectivity index (χ3v) is 2.16. The molecule has 1 aromatic rings. The quantitative estimate of drug-likeness (QED) is 0.815. The summed E-state index contributed by atoms with van der Waals surface area (Å²) in [6.45, 7) is 2.99. The Morgan fingerprint density at radius 2 is 2.06 bits per heavy atom. The fourth-order valence-corrected chi connectivity index (χ4v) is 1.17. The van der Waals surface area contributed by atoms with E-state index >= 15 is 0 Å². The molecule has 0 aliphatic carbocycles. The summed E-state index contributed by atoms with van der Waals surface area (Å²) in [5, 5.41) is 10.9. The molecule has 0 bridgehead atoms. The maximum Gasteiger partial charge on any atom is 0.325 e. The Kier molecular flexibility index (Phi) is 3.60. The highest BCUT2D eigenvalue weighted by Crippen LogP contribution is 2.10. The van der Waals surface area contributed by atoms with Gasteiger partial charge in [0.15, 0.2) is 0 Å². The summed E-state index contributed by atoms with van der Waals surface area (Å²) in [4.78, 5) is 22.1. The van der Waals surface area contributed by atoms with Gasteiger partial charge >= 0.3 is 5.97 Å². The van der Waals surface area contributed by atoms with Crippen molar-refractivity contribution in [3.63, 3.8) is 0 Å². The van der Waals surface area contributed by atoms with E-state index in [1.807, 2.05) is 0 Å². The van der Waals surface area contributed by atoms with Crippen LogP contribution in [0.2, 0.25) is 0 Å². The van der Waals surface area contributed by atoms with Crippen LogP contribution in [-0.4, -0.2) is 23.0 Å². The van der Waals surface area contributed by atoms with Crippen LogP contribution in [-0.2, 0) is 4.79 Å². The third-order valence-electron chi connectivity index (χ3n) is 2.16. The normalized spacial score (nSPS) is 11.9. The van der Waals surface area contributed by atoms with E-state index < -0.39 is 23.7 Å². The summed E-state index contributed by atoms with van der Waals surface area (Å²) in [7, 11) is 0. The van der Waals surface area contributed by atoms with Gasteiger partial charge in [0, 0.05) is 5.56 Å². The van der Waals surface area contributed by atoms with Crippen molar-refractivity contribution in [2.24, 2.45) is 0 Å². The Morgan fingerprint density at radius 3 is 2.62 bits per heavy atom. The molecule has 0 spiro atoms. The van der Waals surface area contributed by atoms with Crippen molar-refractivity contribution >= 4 is 11.9 Å². The summed E-state index contributed by atoms with van der Waals surface area (Å²) < 4.78 is 12.9. The summed E-state index contributed by atoms with van der Waals surface area (Å²) in [6.07, 6.45) is 0. The van der Waals surface area contributed by atoms with Crippen molar-refractivity contribution in [3.05, 3.63) is 35.1 Å². The van der Waals surface area contributed by atoms with E-state index in [-0.39, 0.29) is 5.56 Å². The second-order valence-corrected chi connectivity index (χ2v) is 3.49. The van der Waals surface area contributed by atoms with Crippen LogP contribution >= 0.6 is 0 Å². The summed E-state index contributed by atoms with van der Waals surface area (Å²) in [5.41, 5.74) is 0.740. The zero-order valence-corrected chi connectivity index (χ0v) is 8.95. The highest BCUT2D eigenvalue weighted by atomic mass is 19.1. The fraction of sp³-hybridized carbons (Fsp3) is 0.273. The van der Waals surface area contributed by atoms with E-state index in [4.69, 9.17) is 5.11 Å². The molecule has 0 saturated heterocycles. The number of halogens is 1. The van der Waals surface area contributed by atoms with Gasteiger partial charge in [0.05, 0.1) is 0 Å². The summed E-state index contributed by atoms with van der Waals surface area (Å²) in [5.74, 6) is -2.26. The second-order valence-electron chi connectivity index (χ2n) is 3.49. The standard InChI is InChI=1S/C11H12FNO3/c1-6-3-4-8(12)5-9(6)10(14)13-7(2)11(15)16/h3-5,7H,1-2H3,(H,13,14)(H,15,16)/t7-/m0/s1. The Labute approximate surface area is 92.1 Å². The second kappa shape index (κ2) is 4.74. The average Bonchev–Trinajstić information content (AvgIpc) is 2.21. The number of rotatable bonds is 3. The molecule has 1 atom stereocenters. The molecule has 1 amide bonds. The van der Waals surface area contributed by atoms with E-state index in [0.717, 1.165) is 6.07 Å². The van der Waals surface area contributed by atoms with E-state index in [9.17, 15) is 14.0 Å². The molecule has 0 fully saturated rings. The topological polar surface area (TPSA) is 66.4 Å². The molecule has 16 heavy (non-hydrogen) atoms. The van der Waals surface area contributed by atoms with Gasteiger partial charge in [-0.1, -0.05) is 6.07 Å². The molecule has 0 unspecified atom stereocenters. The molecule has 0 aliphatic rings. The van der Waals surface area contributed by atoms with Crippen LogP contribution in [0, 0.1) is 12.7 Å². The molecule has 1 aromatic carbocycles. The first kappa shape index (κ1) is 12.2. The predicted octanol–water partition coefficient (Wildman–Crippen LogP) is 1.34. The van der Waals surface area contributed by atoms with Crippen LogP contribution < -0.4 is 5.32 Å². The zero-order valence-electron chi connectivity index (χ0n) is 8.95. The minimum atomic E-state index is -1.14. The largest absolute Gasteiger partial charge is 0.480 e. The maximum atomic E-state index is 12.9. The molecular formula is C11H12FNO3. The SMILES string of the molecule is Cc1ccc(F)cc1C(=O)N[C@@H](C)C(=O)O. The van der Waals surface area contributed by atoms with Gasteiger partial charge < -0.3 is 10.4 Å². The molecule has 0 heterocycles. The first-order valence-electron chi connectivity index (χ1n) is 4.71. The van der Waals surface area contributed by atoms with Crippen LogP contribution in [0.25, 0.3) is 0 Å². The highest BCUT2D eigenvalue weighted by Gasteiger charge is 2.16. The molecular weight excluding hydrogens is 213 g/mol. The number of aliphatic carboxylic acids is 1. The van der Waals surface area contributed by atoms with Crippen LogP contribution in [0.4, 0.5) is 4.39 Å². The van der Waals surface area contributed by atoms with Crippen LogP contribution in [0.15, 0.2) is 18.2 Å².